The molecule has 0 amide bonds. The maximum atomic E-state index is 12.4. The lowest BCUT2D eigenvalue weighted by Gasteiger charge is -2.06. The molecule has 0 aliphatic carbocycles. The zero-order valence-corrected chi connectivity index (χ0v) is 8.89. The maximum absolute atomic E-state index is 12.4. The van der Waals surface area contributed by atoms with Crippen LogP contribution in [0.3, 0.4) is 0 Å². The van der Waals surface area contributed by atoms with Crippen LogP contribution in [0.1, 0.15) is 17.7 Å². The first kappa shape index (κ1) is 12.3. The first-order valence-corrected chi connectivity index (χ1v) is 5.80. The van der Waals surface area contributed by atoms with Crippen molar-refractivity contribution in [1.29, 1.82) is 0 Å². The summed E-state index contributed by atoms with van der Waals surface area (Å²) in [6, 6.07) is 0.782. The standard InChI is InChI=1S/C7H7ClF2N2O2S/c8-2-6-5(7(9)10)1-4(3-12-6)15(11,13)14/h1,3,7H,2H2,(H2,11,13,14). The number of hydrogen-bond donors (Lipinski definition) is 1. The molecule has 15 heavy (non-hydrogen) atoms. The number of primary sulfonamides is 1. The molecule has 0 bridgehead atoms. The molecule has 0 aliphatic heterocycles. The average molecular weight is 257 g/mol. The van der Waals surface area contributed by atoms with Crippen molar-refractivity contribution in [2.45, 2.75) is 17.2 Å². The highest BCUT2D eigenvalue weighted by Gasteiger charge is 2.18. The Balaban J connectivity index is 3.35. The molecule has 0 fully saturated rings. The molecule has 0 radical (unpaired) electrons. The van der Waals surface area contributed by atoms with E-state index in [1.54, 1.807) is 0 Å². The Morgan fingerprint density at radius 2 is 2.13 bits per heavy atom. The van der Waals surface area contributed by atoms with Crippen LogP contribution >= 0.6 is 11.6 Å². The summed E-state index contributed by atoms with van der Waals surface area (Å²) < 4.78 is 46.6. The van der Waals surface area contributed by atoms with Gasteiger partial charge in [0.1, 0.15) is 4.90 Å². The first-order chi connectivity index (χ1) is 6.86. The predicted octanol–water partition coefficient (Wildman–Crippen LogP) is 1.41. The van der Waals surface area contributed by atoms with E-state index in [1.165, 1.54) is 0 Å². The van der Waals surface area contributed by atoms with E-state index in [9.17, 15) is 17.2 Å². The smallest absolute Gasteiger partial charge is 0.258 e. The second-order valence-electron chi connectivity index (χ2n) is 2.69. The normalized spacial score (nSPS) is 12.1. The highest BCUT2D eigenvalue weighted by atomic mass is 35.5. The van der Waals surface area contributed by atoms with Gasteiger partial charge in [-0.1, -0.05) is 0 Å². The fraction of sp³-hybridized carbons (Fsp3) is 0.286. The van der Waals surface area contributed by atoms with Gasteiger partial charge in [0.25, 0.3) is 6.43 Å². The van der Waals surface area contributed by atoms with Gasteiger partial charge in [0, 0.05) is 11.8 Å². The number of halogens is 3. The summed E-state index contributed by atoms with van der Waals surface area (Å²) in [6.45, 7) is 0. The molecule has 84 valence electrons. The van der Waals surface area contributed by atoms with Gasteiger partial charge in [-0.2, -0.15) is 0 Å². The minimum Gasteiger partial charge on any atom is -0.258 e. The van der Waals surface area contributed by atoms with Crippen molar-refractivity contribution >= 4 is 21.6 Å². The van der Waals surface area contributed by atoms with Gasteiger partial charge in [-0.15, -0.1) is 11.6 Å². The summed E-state index contributed by atoms with van der Waals surface area (Å²) in [4.78, 5) is 3.06. The van der Waals surface area contributed by atoms with Gasteiger partial charge in [-0.25, -0.2) is 22.3 Å². The molecule has 0 aliphatic rings. The lowest BCUT2D eigenvalue weighted by atomic mass is 10.2. The van der Waals surface area contributed by atoms with E-state index in [0.717, 1.165) is 12.3 Å². The van der Waals surface area contributed by atoms with Crippen molar-refractivity contribution < 1.29 is 17.2 Å². The van der Waals surface area contributed by atoms with Gasteiger partial charge in [0.15, 0.2) is 0 Å². The Hall–Kier alpha value is -0.790. The molecular weight excluding hydrogens is 250 g/mol. The molecule has 0 spiro atoms. The van der Waals surface area contributed by atoms with E-state index >= 15 is 0 Å². The summed E-state index contributed by atoms with van der Waals surface area (Å²) in [5, 5.41) is 4.77. The van der Waals surface area contributed by atoms with Crippen molar-refractivity contribution in [1.82, 2.24) is 4.98 Å². The van der Waals surface area contributed by atoms with E-state index in [-0.39, 0.29) is 11.6 Å². The highest BCUT2D eigenvalue weighted by Crippen LogP contribution is 2.24. The molecular formula is C7H7ClF2N2O2S. The Bertz CT molecular complexity index is 464. The molecule has 1 rings (SSSR count). The van der Waals surface area contributed by atoms with E-state index in [2.05, 4.69) is 4.98 Å². The molecule has 2 N–H and O–H groups in total. The molecule has 1 heterocycles. The third-order valence-corrected chi connectivity index (χ3v) is 2.80. The monoisotopic (exact) mass is 256 g/mol. The summed E-state index contributed by atoms with van der Waals surface area (Å²) in [7, 11) is -4.02. The molecule has 0 atom stereocenters. The van der Waals surface area contributed by atoms with Crippen molar-refractivity contribution in [3.05, 3.63) is 23.5 Å². The van der Waals surface area contributed by atoms with Crippen LogP contribution < -0.4 is 5.14 Å². The van der Waals surface area contributed by atoms with Gasteiger partial charge in [-0.05, 0) is 6.07 Å². The molecule has 0 saturated carbocycles. The summed E-state index contributed by atoms with van der Waals surface area (Å²) in [5.41, 5.74) is -0.574. The lowest BCUT2D eigenvalue weighted by molar-refractivity contribution is 0.149. The van der Waals surface area contributed by atoms with Crippen LogP contribution in [-0.4, -0.2) is 13.4 Å². The van der Waals surface area contributed by atoms with E-state index in [4.69, 9.17) is 16.7 Å². The molecule has 0 unspecified atom stereocenters. The van der Waals surface area contributed by atoms with Gasteiger partial charge in [0.2, 0.25) is 10.0 Å². The molecule has 0 aromatic carbocycles. The van der Waals surface area contributed by atoms with Crippen LogP contribution in [-0.2, 0) is 15.9 Å². The first-order valence-electron chi connectivity index (χ1n) is 3.72. The number of aromatic nitrogens is 1. The molecule has 4 nitrogen and oxygen atoms in total. The second kappa shape index (κ2) is 4.38. The number of rotatable bonds is 3. The zero-order valence-electron chi connectivity index (χ0n) is 7.32. The molecule has 1 aromatic rings. The predicted molar refractivity (Wildman–Crippen MR) is 50.1 cm³/mol. The van der Waals surface area contributed by atoms with Gasteiger partial charge >= 0.3 is 0 Å². The third-order valence-electron chi connectivity index (χ3n) is 1.67. The second-order valence-corrected chi connectivity index (χ2v) is 4.51. The highest BCUT2D eigenvalue weighted by molar-refractivity contribution is 7.89. The molecule has 0 saturated heterocycles. The summed E-state index contributed by atoms with van der Waals surface area (Å²) in [5.74, 6) is -0.218. The molecule has 1 aromatic heterocycles. The fourth-order valence-corrected chi connectivity index (χ4v) is 1.66. The number of nitrogens with two attached hydrogens (primary N) is 1. The van der Waals surface area contributed by atoms with Crippen LogP contribution in [0.5, 0.6) is 0 Å². The van der Waals surface area contributed by atoms with Crippen molar-refractivity contribution in [3.63, 3.8) is 0 Å². The average Bonchev–Trinajstić information content (AvgIpc) is 2.15. The number of pyridine rings is 1. The van der Waals surface area contributed by atoms with Crippen LogP contribution in [0.4, 0.5) is 8.78 Å². The Kier molecular flexibility index (Phi) is 3.58. The maximum Gasteiger partial charge on any atom is 0.265 e. The van der Waals surface area contributed by atoms with Crippen molar-refractivity contribution in [2.75, 3.05) is 0 Å². The minimum absolute atomic E-state index is 0.0564. The summed E-state index contributed by atoms with van der Waals surface area (Å²) in [6.07, 6.45) is -1.94. The quantitative estimate of drug-likeness (QED) is 0.831. The topological polar surface area (TPSA) is 73.1 Å². The van der Waals surface area contributed by atoms with Crippen LogP contribution in [0, 0.1) is 0 Å². The SMILES string of the molecule is NS(=O)(=O)c1cnc(CCl)c(C(F)F)c1. The van der Waals surface area contributed by atoms with Gasteiger partial charge in [-0.3, -0.25) is 4.98 Å². The fourth-order valence-electron chi connectivity index (χ4n) is 0.946. The zero-order chi connectivity index (χ0) is 11.6. The minimum atomic E-state index is -4.02. The van der Waals surface area contributed by atoms with Crippen molar-refractivity contribution in [2.24, 2.45) is 5.14 Å². The van der Waals surface area contributed by atoms with E-state index in [1.807, 2.05) is 0 Å². The number of hydrogen-bond acceptors (Lipinski definition) is 3. The van der Waals surface area contributed by atoms with E-state index < -0.39 is 26.9 Å². The van der Waals surface area contributed by atoms with Crippen LogP contribution in [0.25, 0.3) is 0 Å². The largest absolute Gasteiger partial charge is 0.265 e. The Morgan fingerprint density at radius 1 is 1.53 bits per heavy atom. The Labute approximate surface area is 90.1 Å². The Morgan fingerprint density at radius 3 is 2.53 bits per heavy atom. The van der Waals surface area contributed by atoms with Gasteiger partial charge < -0.3 is 0 Å². The van der Waals surface area contributed by atoms with Crippen LogP contribution in [0.15, 0.2) is 17.2 Å². The lowest BCUT2D eigenvalue weighted by Crippen LogP contribution is -2.13. The number of sulfonamides is 1. The molecule has 8 heteroatoms. The van der Waals surface area contributed by atoms with E-state index in [0.29, 0.717) is 0 Å². The third kappa shape index (κ3) is 2.83. The number of alkyl halides is 3. The van der Waals surface area contributed by atoms with Crippen molar-refractivity contribution in [3.8, 4) is 0 Å². The summed E-state index contributed by atoms with van der Waals surface area (Å²) >= 11 is 5.37. The van der Waals surface area contributed by atoms with Gasteiger partial charge in [0.05, 0.1) is 11.6 Å². The van der Waals surface area contributed by atoms with Crippen LogP contribution in [0.2, 0.25) is 0 Å². The number of nitrogens with zero attached hydrogens (tertiary/aromatic N) is 1.